The minimum atomic E-state index is -0.605. The number of esters is 1. The van der Waals surface area contributed by atoms with E-state index in [2.05, 4.69) is 4.74 Å². The molecule has 2 N–H and O–H groups in total. The van der Waals surface area contributed by atoms with Crippen LogP contribution in [0.15, 0.2) is 12.1 Å². The van der Waals surface area contributed by atoms with Crippen LogP contribution in [0.4, 0.5) is 4.39 Å². The van der Waals surface area contributed by atoms with Crippen molar-refractivity contribution in [3.05, 3.63) is 34.6 Å². The van der Waals surface area contributed by atoms with Crippen molar-refractivity contribution in [2.24, 2.45) is 5.73 Å². The molecule has 0 fully saturated rings. The summed E-state index contributed by atoms with van der Waals surface area (Å²) in [5, 5.41) is 8.79. The third-order valence-corrected chi connectivity index (χ3v) is 2.21. The Morgan fingerprint density at radius 2 is 2.31 bits per heavy atom. The highest BCUT2D eigenvalue weighted by molar-refractivity contribution is 5.73. The average molecular weight is 222 g/mol. The van der Waals surface area contributed by atoms with Crippen molar-refractivity contribution in [3.63, 3.8) is 0 Å². The summed E-state index contributed by atoms with van der Waals surface area (Å²) in [5.74, 6) is -1.20. The lowest BCUT2D eigenvalue weighted by molar-refractivity contribution is -0.139. The maximum absolute atomic E-state index is 13.8. The van der Waals surface area contributed by atoms with Crippen LogP contribution in [0.2, 0.25) is 0 Å². The molecule has 0 aromatic heterocycles. The highest BCUT2D eigenvalue weighted by Gasteiger charge is 2.16. The second kappa shape index (κ2) is 5.24. The van der Waals surface area contributed by atoms with E-state index in [4.69, 9.17) is 11.0 Å². The van der Waals surface area contributed by atoms with E-state index in [-0.39, 0.29) is 29.7 Å². The van der Waals surface area contributed by atoms with E-state index in [1.165, 1.54) is 19.2 Å². The van der Waals surface area contributed by atoms with Gasteiger partial charge in [0.2, 0.25) is 0 Å². The number of rotatable bonds is 3. The third kappa shape index (κ3) is 2.35. The average Bonchev–Trinajstić information content (AvgIpc) is 2.31. The summed E-state index contributed by atoms with van der Waals surface area (Å²) >= 11 is 0. The van der Waals surface area contributed by atoms with Gasteiger partial charge in [-0.05, 0) is 6.07 Å². The van der Waals surface area contributed by atoms with Crippen LogP contribution in [0.25, 0.3) is 0 Å². The van der Waals surface area contributed by atoms with Crippen molar-refractivity contribution in [3.8, 4) is 6.07 Å². The second-order valence-corrected chi connectivity index (χ2v) is 3.13. The van der Waals surface area contributed by atoms with Crippen molar-refractivity contribution in [2.45, 2.75) is 13.0 Å². The Balaban J connectivity index is 3.22. The van der Waals surface area contributed by atoms with E-state index < -0.39 is 11.8 Å². The Labute approximate surface area is 92.4 Å². The first kappa shape index (κ1) is 12.1. The lowest BCUT2D eigenvalue weighted by Gasteiger charge is -2.07. The van der Waals surface area contributed by atoms with Crippen LogP contribution in [0, 0.1) is 17.1 Å². The van der Waals surface area contributed by atoms with Crippen LogP contribution < -0.4 is 5.73 Å². The van der Waals surface area contributed by atoms with Crippen molar-refractivity contribution >= 4 is 5.97 Å². The molecule has 0 spiro atoms. The number of nitriles is 1. The van der Waals surface area contributed by atoms with E-state index >= 15 is 0 Å². The van der Waals surface area contributed by atoms with Gasteiger partial charge in [-0.2, -0.15) is 5.26 Å². The fourth-order valence-electron chi connectivity index (χ4n) is 1.32. The van der Waals surface area contributed by atoms with E-state index in [0.717, 1.165) is 0 Å². The van der Waals surface area contributed by atoms with Gasteiger partial charge >= 0.3 is 5.97 Å². The number of carbonyl (C=O) groups is 1. The minimum Gasteiger partial charge on any atom is -0.469 e. The summed E-state index contributed by atoms with van der Waals surface area (Å²) < 4.78 is 18.2. The maximum Gasteiger partial charge on any atom is 0.310 e. The molecule has 0 unspecified atom stereocenters. The van der Waals surface area contributed by atoms with E-state index in [9.17, 15) is 9.18 Å². The van der Waals surface area contributed by atoms with Gasteiger partial charge in [0.25, 0.3) is 0 Å². The van der Waals surface area contributed by atoms with Gasteiger partial charge in [0.15, 0.2) is 0 Å². The summed E-state index contributed by atoms with van der Waals surface area (Å²) in [6.45, 7) is 0.0196. The quantitative estimate of drug-likeness (QED) is 0.770. The maximum atomic E-state index is 13.8. The molecular weight excluding hydrogens is 211 g/mol. The molecule has 1 aromatic carbocycles. The Bertz CT molecular complexity index is 452. The third-order valence-electron chi connectivity index (χ3n) is 2.21. The van der Waals surface area contributed by atoms with E-state index in [1.807, 2.05) is 6.07 Å². The summed E-state index contributed by atoms with van der Waals surface area (Å²) in [4.78, 5) is 11.1. The largest absolute Gasteiger partial charge is 0.469 e. The van der Waals surface area contributed by atoms with Gasteiger partial charge in [-0.1, -0.05) is 6.07 Å². The first-order chi connectivity index (χ1) is 7.63. The number of carbonyl (C=O) groups excluding carboxylic acids is 1. The van der Waals surface area contributed by atoms with Gasteiger partial charge in [-0.15, -0.1) is 0 Å². The summed E-state index contributed by atoms with van der Waals surface area (Å²) in [6.07, 6.45) is -0.265. The topological polar surface area (TPSA) is 76.1 Å². The van der Waals surface area contributed by atoms with Crippen molar-refractivity contribution in [1.82, 2.24) is 0 Å². The Morgan fingerprint density at radius 1 is 1.62 bits per heavy atom. The number of hydrogen-bond acceptors (Lipinski definition) is 4. The SMILES string of the molecule is COC(=O)Cc1c(C#N)ccc(CN)c1F. The molecule has 0 amide bonds. The van der Waals surface area contributed by atoms with Gasteiger partial charge in [0.05, 0.1) is 25.2 Å². The second-order valence-electron chi connectivity index (χ2n) is 3.13. The van der Waals surface area contributed by atoms with Gasteiger partial charge in [-0.25, -0.2) is 4.39 Å². The zero-order valence-corrected chi connectivity index (χ0v) is 8.79. The fourth-order valence-corrected chi connectivity index (χ4v) is 1.32. The van der Waals surface area contributed by atoms with Gasteiger partial charge in [0.1, 0.15) is 5.82 Å². The summed E-state index contributed by atoms with van der Waals surface area (Å²) in [6, 6.07) is 4.72. The number of hydrogen-bond donors (Lipinski definition) is 1. The first-order valence-corrected chi connectivity index (χ1v) is 4.61. The predicted molar refractivity (Wildman–Crippen MR) is 54.7 cm³/mol. The molecule has 1 rings (SSSR count). The molecule has 84 valence electrons. The Morgan fingerprint density at radius 3 is 2.81 bits per heavy atom. The first-order valence-electron chi connectivity index (χ1n) is 4.61. The molecule has 0 aliphatic carbocycles. The van der Waals surface area contributed by atoms with Crippen molar-refractivity contribution in [1.29, 1.82) is 5.26 Å². The normalized spacial score (nSPS) is 9.62. The van der Waals surface area contributed by atoms with Crippen LogP contribution in [0.5, 0.6) is 0 Å². The minimum absolute atomic E-state index is 0.0196. The number of methoxy groups -OCH3 is 1. The fraction of sp³-hybridized carbons (Fsp3) is 0.273. The number of nitrogens with two attached hydrogens (primary N) is 1. The van der Waals surface area contributed by atoms with Gasteiger partial charge in [0, 0.05) is 17.7 Å². The molecule has 0 aliphatic rings. The lowest BCUT2D eigenvalue weighted by atomic mass is 10.0. The molecule has 0 aliphatic heterocycles. The van der Waals surface area contributed by atoms with E-state index in [1.54, 1.807) is 0 Å². The van der Waals surface area contributed by atoms with Crippen LogP contribution in [-0.4, -0.2) is 13.1 Å². The van der Waals surface area contributed by atoms with E-state index in [0.29, 0.717) is 0 Å². The molecule has 0 radical (unpaired) electrons. The van der Waals surface area contributed by atoms with Crippen molar-refractivity contribution < 1.29 is 13.9 Å². The van der Waals surface area contributed by atoms with Gasteiger partial charge < -0.3 is 10.5 Å². The lowest BCUT2D eigenvalue weighted by Crippen LogP contribution is -2.11. The number of halogens is 1. The summed E-state index contributed by atoms with van der Waals surface area (Å²) in [7, 11) is 1.21. The summed E-state index contributed by atoms with van der Waals surface area (Å²) in [5.41, 5.74) is 5.78. The van der Waals surface area contributed by atoms with Gasteiger partial charge in [-0.3, -0.25) is 4.79 Å². The number of nitrogens with zero attached hydrogens (tertiary/aromatic N) is 1. The van der Waals surface area contributed by atoms with Crippen LogP contribution in [0.3, 0.4) is 0 Å². The number of ether oxygens (including phenoxy) is 1. The molecule has 0 saturated carbocycles. The highest BCUT2D eigenvalue weighted by atomic mass is 19.1. The Hall–Kier alpha value is -1.93. The molecular formula is C11H11FN2O2. The molecule has 0 bridgehead atoms. The molecule has 5 heteroatoms. The molecule has 1 aromatic rings. The molecule has 4 nitrogen and oxygen atoms in total. The molecule has 0 heterocycles. The molecule has 0 atom stereocenters. The zero-order valence-electron chi connectivity index (χ0n) is 8.79. The predicted octanol–water partition coefficient (Wildman–Crippen LogP) is 0.872. The molecule has 16 heavy (non-hydrogen) atoms. The standard InChI is InChI=1S/C11H11FN2O2/c1-16-10(15)4-9-7(5-13)2-3-8(6-14)11(9)12/h2-3H,4,6,14H2,1H3. The Kier molecular flexibility index (Phi) is 3.97. The molecule has 0 saturated heterocycles. The smallest absolute Gasteiger partial charge is 0.310 e. The monoisotopic (exact) mass is 222 g/mol. The number of benzene rings is 1. The van der Waals surface area contributed by atoms with Crippen LogP contribution >= 0.6 is 0 Å². The van der Waals surface area contributed by atoms with Crippen LogP contribution in [-0.2, 0) is 22.5 Å². The van der Waals surface area contributed by atoms with Crippen LogP contribution in [0.1, 0.15) is 16.7 Å². The highest BCUT2D eigenvalue weighted by Crippen LogP contribution is 2.18. The van der Waals surface area contributed by atoms with Crippen molar-refractivity contribution in [2.75, 3.05) is 7.11 Å². The zero-order chi connectivity index (χ0) is 12.1.